The maximum Gasteiger partial charge on any atom is 0.256 e. The number of hydrogen-bond donors (Lipinski definition) is 1. The van der Waals surface area contributed by atoms with Gasteiger partial charge in [0.1, 0.15) is 17.4 Å². The van der Waals surface area contributed by atoms with Crippen LogP contribution in [0.5, 0.6) is 5.75 Å². The summed E-state index contributed by atoms with van der Waals surface area (Å²) in [6, 6.07) is 12.2. The van der Waals surface area contributed by atoms with E-state index in [4.69, 9.17) is 4.74 Å². The summed E-state index contributed by atoms with van der Waals surface area (Å²) in [5.41, 5.74) is 2.00. The minimum Gasteiger partial charge on any atom is -0.497 e. The molecule has 1 aliphatic rings. The molecule has 6 heteroatoms. The number of hydrogen-bond acceptors (Lipinski definition) is 3. The van der Waals surface area contributed by atoms with Crippen LogP contribution in [0, 0.1) is 5.82 Å². The van der Waals surface area contributed by atoms with Crippen LogP contribution >= 0.6 is 0 Å². The van der Waals surface area contributed by atoms with Crippen LogP contribution in [0.4, 0.5) is 4.39 Å². The van der Waals surface area contributed by atoms with E-state index in [1.54, 1.807) is 11.0 Å². The molecular formula is C20H20FN3O2. The van der Waals surface area contributed by atoms with Gasteiger partial charge in [-0.3, -0.25) is 4.79 Å². The van der Waals surface area contributed by atoms with E-state index in [0.29, 0.717) is 18.8 Å². The van der Waals surface area contributed by atoms with E-state index in [9.17, 15) is 9.18 Å². The number of benzene rings is 2. The predicted molar refractivity (Wildman–Crippen MR) is 96.9 cm³/mol. The number of nitrogens with one attached hydrogen (secondary N) is 1. The van der Waals surface area contributed by atoms with Gasteiger partial charge in [-0.25, -0.2) is 9.37 Å². The number of methoxy groups -OCH3 is 1. The number of rotatable bonds is 3. The highest BCUT2D eigenvalue weighted by Gasteiger charge is 2.28. The number of aromatic nitrogens is 2. The third-order valence-electron chi connectivity index (χ3n) is 4.91. The lowest BCUT2D eigenvalue weighted by Gasteiger charge is -2.32. The van der Waals surface area contributed by atoms with Crippen molar-refractivity contribution in [2.75, 3.05) is 20.2 Å². The molecule has 1 atom stereocenters. The topological polar surface area (TPSA) is 58.2 Å². The summed E-state index contributed by atoms with van der Waals surface area (Å²) in [7, 11) is 1.47. The van der Waals surface area contributed by atoms with Gasteiger partial charge in [-0.15, -0.1) is 0 Å². The summed E-state index contributed by atoms with van der Waals surface area (Å²) in [5.74, 6) is 0.573. The maximum atomic E-state index is 14.3. The van der Waals surface area contributed by atoms with Crippen LogP contribution in [-0.4, -0.2) is 41.0 Å². The van der Waals surface area contributed by atoms with Gasteiger partial charge < -0.3 is 14.6 Å². The highest BCUT2D eigenvalue weighted by Crippen LogP contribution is 2.28. The van der Waals surface area contributed by atoms with Crippen molar-refractivity contribution < 1.29 is 13.9 Å². The molecule has 0 saturated carbocycles. The molecule has 26 heavy (non-hydrogen) atoms. The number of aromatic amines is 1. The third kappa shape index (κ3) is 3.03. The van der Waals surface area contributed by atoms with Gasteiger partial charge in [0.05, 0.1) is 23.7 Å². The van der Waals surface area contributed by atoms with Crippen molar-refractivity contribution in [1.82, 2.24) is 14.9 Å². The molecule has 0 aliphatic carbocycles. The average molecular weight is 353 g/mol. The summed E-state index contributed by atoms with van der Waals surface area (Å²) in [6.07, 6.45) is 1.82. The van der Waals surface area contributed by atoms with Crippen molar-refractivity contribution in [2.24, 2.45) is 0 Å². The zero-order chi connectivity index (χ0) is 18.1. The molecule has 2 heterocycles. The van der Waals surface area contributed by atoms with E-state index in [-0.39, 0.29) is 17.4 Å². The van der Waals surface area contributed by atoms with Crippen LogP contribution in [0.1, 0.15) is 34.9 Å². The molecule has 3 aromatic rings. The molecule has 0 bridgehead atoms. The zero-order valence-corrected chi connectivity index (χ0v) is 14.5. The zero-order valence-electron chi connectivity index (χ0n) is 14.5. The first-order valence-electron chi connectivity index (χ1n) is 8.73. The molecule has 1 aromatic heterocycles. The molecule has 1 amide bonds. The second-order valence-electron chi connectivity index (χ2n) is 6.58. The molecule has 5 nitrogen and oxygen atoms in total. The highest BCUT2D eigenvalue weighted by atomic mass is 19.1. The number of likely N-dealkylation sites (tertiary alicyclic amines) is 1. The first kappa shape index (κ1) is 16.6. The fourth-order valence-corrected chi connectivity index (χ4v) is 3.52. The number of ether oxygens (including phenoxy) is 1. The summed E-state index contributed by atoms with van der Waals surface area (Å²) in [4.78, 5) is 22.5. The Morgan fingerprint density at radius 3 is 2.92 bits per heavy atom. The standard InChI is InChI=1S/C20H20FN3O2/c1-26-14-8-9-15(16(21)11-14)20(25)24-10-4-5-13(12-24)19-22-17-6-2-3-7-18(17)23-19/h2-3,6-9,11,13H,4-5,10,12H2,1H3,(H,22,23)/t13-/m0/s1. The number of imidazole rings is 1. The number of halogens is 1. The fraction of sp³-hybridized carbons (Fsp3) is 0.300. The Kier molecular flexibility index (Phi) is 4.32. The van der Waals surface area contributed by atoms with Crippen molar-refractivity contribution in [2.45, 2.75) is 18.8 Å². The van der Waals surface area contributed by atoms with E-state index in [2.05, 4.69) is 9.97 Å². The smallest absolute Gasteiger partial charge is 0.256 e. The lowest BCUT2D eigenvalue weighted by molar-refractivity contribution is 0.0700. The van der Waals surface area contributed by atoms with Crippen LogP contribution in [0.15, 0.2) is 42.5 Å². The largest absolute Gasteiger partial charge is 0.497 e. The number of fused-ring (bicyclic) bond motifs is 1. The van der Waals surface area contributed by atoms with Gasteiger partial charge in [-0.1, -0.05) is 12.1 Å². The highest BCUT2D eigenvalue weighted by molar-refractivity contribution is 5.94. The first-order valence-corrected chi connectivity index (χ1v) is 8.73. The number of nitrogens with zero attached hydrogens (tertiary/aromatic N) is 2. The molecule has 2 aromatic carbocycles. The minimum absolute atomic E-state index is 0.0797. The Hall–Kier alpha value is -2.89. The van der Waals surface area contributed by atoms with E-state index >= 15 is 0 Å². The number of carbonyl (C=O) groups is 1. The van der Waals surface area contributed by atoms with Crippen LogP contribution in [0.25, 0.3) is 11.0 Å². The van der Waals surface area contributed by atoms with Gasteiger partial charge >= 0.3 is 0 Å². The van der Waals surface area contributed by atoms with E-state index in [1.165, 1.54) is 19.2 Å². The van der Waals surface area contributed by atoms with Gasteiger partial charge in [0.2, 0.25) is 0 Å². The summed E-state index contributed by atoms with van der Waals surface area (Å²) < 4.78 is 19.3. The molecule has 0 spiro atoms. The third-order valence-corrected chi connectivity index (χ3v) is 4.91. The van der Waals surface area contributed by atoms with Crippen molar-refractivity contribution in [3.63, 3.8) is 0 Å². The van der Waals surface area contributed by atoms with Crippen molar-refractivity contribution in [3.05, 3.63) is 59.7 Å². The molecule has 1 N–H and O–H groups in total. The number of carbonyl (C=O) groups excluding carboxylic acids is 1. The summed E-state index contributed by atoms with van der Waals surface area (Å²) in [5, 5.41) is 0. The van der Waals surface area contributed by atoms with E-state index in [0.717, 1.165) is 29.7 Å². The monoisotopic (exact) mass is 353 g/mol. The minimum atomic E-state index is -0.555. The number of para-hydroxylation sites is 2. The van der Waals surface area contributed by atoms with Gasteiger partial charge in [0, 0.05) is 25.1 Å². The van der Waals surface area contributed by atoms with Crippen molar-refractivity contribution in [1.29, 1.82) is 0 Å². The fourth-order valence-electron chi connectivity index (χ4n) is 3.52. The van der Waals surface area contributed by atoms with Gasteiger partial charge in [0.25, 0.3) is 5.91 Å². The average Bonchev–Trinajstić information content (AvgIpc) is 3.12. The van der Waals surface area contributed by atoms with Gasteiger partial charge in [0.15, 0.2) is 0 Å². The Morgan fingerprint density at radius 2 is 2.15 bits per heavy atom. The summed E-state index contributed by atoms with van der Waals surface area (Å²) >= 11 is 0. The van der Waals surface area contributed by atoms with Crippen LogP contribution in [0.3, 0.4) is 0 Å². The van der Waals surface area contributed by atoms with Gasteiger partial charge in [-0.05, 0) is 37.1 Å². The van der Waals surface area contributed by atoms with Gasteiger partial charge in [-0.2, -0.15) is 0 Å². The maximum absolute atomic E-state index is 14.3. The first-order chi connectivity index (χ1) is 12.7. The molecular weight excluding hydrogens is 333 g/mol. The van der Waals surface area contributed by atoms with E-state index in [1.807, 2.05) is 24.3 Å². The lowest BCUT2D eigenvalue weighted by atomic mass is 9.96. The normalized spacial score (nSPS) is 17.5. The molecule has 0 unspecified atom stereocenters. The quantitative estimate of drug-likeness (QED) is 0.780. The van der Waals surface area contributed by atoms with Crippen LogP contribution in [-0.2, 0) is 0 Å². The SMILES string of the molecule is COc1ccc(C(=O)N2CCC[C@H](c3nc4ccccc4[nH]3)C2)c(F)c1. The van der Waals surface area contributed by atoms with Crippen molar-refractivity contribution in [3.8, 4) is 5.75 Å². The molecule has 4 rings (SSSR count). The predicted octanol–water partition coefficient (Wildman–Crippen LogP) is 3.73. The lowest BCUT2D eigenvalue weighted by Crippen LogP contribution is -2.39. The van der Waals surface area contributed by atoms with Crippen LogP contribution < -0.4 is 4.74 Å². The summed E-state index contributed by atoms with van der Waals surface area (Å²) in [6.45, 7) is 1.16. The Morgan fingerprint density at radius 1 is 1.31 bits per heavy atom. The molecule has 0 radical (unpaired) electrons. The molecule has 134 valence electrons. The molecule has 1 saturated heterocycles. The Labute approximate surface area is 150 Å². The Bertz CT molecular complexity index is 920. The number of H-pyrrole nitrogens is 1. The second kappa shape index (κ2) is 6.78. The van der Waals surface area contributed by atoms with Crippen molar-refractivity contribution >= 4 is 16.9 Å². The van der Waals surface area contributed by atoms with Crippen LogP contribution in [0.2, 0.25) is 0 Å². The van der Waals surface area contributed by atoms with E-state index < -0.39 is 5.82 Å². The molecule has 1 aliphatic heterocycles. The number of piperidine rings is 1. The second-order valence-corrected chi connectivity index (χ2v) is 6.58. The molecule has 1 fully saturated rings. The number of amides is 1. The Balaban J connectivity index is 1.55.